The molecule has 1 aromatic carbocycles. The van der Waals surface area contributed by atoms with Crippen LogP contribution in [-0.2, 0) is 4.79 Å². The summed E-state index contributed by atoms with van der Waals surface area (Å²) in [4.78, 5) is 11.6. The van der Waals surface area contributed by atoms with Gasteiger partial charge in [-0.05, 0) is 42.9 Å². The largest absolute Gasteiger partial charge is 0.497 e. The molecule has 0 aliphatic heterocycles. The third-order valence-corrected chi connectivity index (χ3v) is 3.96. The first-order chi connectivity index (χ1) is 9.22. The molecule has 0 heterocycles. The lowest BCUT2D eigenvalue weighted by atomic mass is 10.1. The highest BCUT2D eigenvalue weighted by Crippen LogP contribution is 2.22. The van der Waals surface area contributed by atoms with Crippen LogP contribution in [0.15, 0.2) is 29.2 Å². The number of thioether (sulfide) groups is 1. The zero-order valence-electron chi connectivity index (χ0n) is 11.4. The van der Waals surface area contributed by atoms with Crippen LogP contribution < -0.4 is 4.74 Å². The Morgan fingerprint density at radius 3 is 2.37 bits per heavy atom. The third kappa shape index (κ3) is 7.78. The van der Waals surface area contributed by atoms with Crippen LogP contribution in [0.4, 0.5) is 0 Å². The molecule has 0 bridgehead atoms. The van der Waals surface area contributed by atoms with E-state index in [1.54, 1.807) is 7.11 Å². The molecule has 0 saturated heterocycles. The Balaban J connectivity index is 1.99. The number of carboxylic acids is 1. The van der Waals surface area contributed by atoms with Crippen LogP contribution in [0.1, 0.15) is 38.5 Å². The minimum atomic E-state index is -0.685. The van der Waals surface area contributed by atoms with E-state index >= 15 is 0 Å². The Morgan fingerprint density at radius 1 is 1.11 bits per heavy atom. The topological polar surface area (TPSA) is 46.5 Å². The predicted octanol–water partition coefficient (Wildman–Crippen LogP) is 4.21. The van der Waals surface area contributed by atoms with Crippen molar-refractivity contribution in [2.24, 2.45) is 0 Å². The predicted molar refractivity (Wildman–Crippen MR) is 79.1 cm³/mol. The second-order valence-electron chi connectivity index (χ2n) is 4.44. The molecule has 1 rings (SSSR count). The van der Waals surface area contributed by atoms with Gasteiger partial charge in [-0.15, -0.1) is 11.8 Å². The summed E-state index contributed by atoms with van der Waals surface area (Å²) in [6.07, 6.45) is 5.64. The highest BCUT2D eigenvalue weighted by molar-refractivity contribution is 7.99. The van der Waals surface area contributed by atoms with Gasteiger partial charge < -0.3 is 9.84 Å². The van der Waals surface area contributed by atoms with Crippen LogP contribution in [-0.4, -0.2) is 23.9 Å². The number of ether oxygens (including phenoxy) is 1. The molecule has 0 aliphatic carbocycles. The van der Waals surface area contributed by atoms with Crippen molar-refractivity contribution >= 4 is 17.7 Å². The van der Waals surface area contributed by atoms with E-state index < -0.39 is 5.97 Å². The molecular formula is C15H22O3S. The van der Waals surface area contributed by atoms with E-state index in [0.29, 0.717) is 6.42 Å². The van der Waals surface area contributed by atoms with E-state index in [-0.39, 0.29) is 0 Å². The second-order valence-corrected chi connectivity index (χ2v) is 5.60. The molecule has 0 saturated carbocycles. The second kappa shape index (κ2) is 9.73. The Bertz CT molecular complexity index is 362. The number of carbonyl (C=O) groups is 1. The minimum absolute atomic E-state index is 0.306. The molecule has 0 fully saturated rings. The lowest BCUT2D eigenvalue weighted by Crippen LogP contribution is -1.93. The maximum atomic E-state index is 10.3. The van der Waals surface area contributed by atoms with Crippen molar-refractivity contribution < 1.29 is 14.6 Å². The summed E-state index contributed by atoms with van der Waals surface area (Å²) in [6.45, 7) is 0. The molecule has 0 aliphatic rings. The zero-order chi connectivity index (χ0) is 13.9. The van der Waals surface area contributed by atoms with Crippen LogP contribution >= 0.6 is 11.8 Å². The fraction of sp³-hybridized carbons (Fsp3) is 0.533. The number of rotatable bonds is 10. The maximum absolute atomic E-state index is 10.3. The average Bonchev–Trinajstić information content (AvgIpc) is 2.42. The maximum Gasteiger partial charge on any atom is 0.303 e. The van der Waals surface area contributed by atoms with E-state index in [1.165, 1.54) is 17.7 Å². The lowest BCUT2D eigenvalue weighted by Gasteiger charge is -2.03. The van der Waals surface area contributed by atoms with Gasteiger partial charge in [-0.1, -0.05) is 19.3 Å². The summed E-state index contributed by atoms with van der Waals surface area (Å²) >= 11 is 1.86. The molecule has 0 amide bonds. The molecule has 19 heavy (non-hydrogen) atoms. The van der Waals surface area contributed by atoms with Gasteiger partial charge in [0.2, 0.25) is 0 Å². The van der Waals surface area contributed by atoms with Crippen molar-refractivity contribution in [2.45, 2.75) is 43.4 Å². The number of unbranched alkanes of at least 4 members (excludes halogenated alkanes) is 4. The van der Waals surface area contributed by atoms with Gasteiger partial charge in [0.05, 0.1) is 7.11 Å². The van der Waals surface area contributed by atoms with Gasteiger partial charge in [0.1, 0.15) is 5.75 Å². The van der Waals surface area contributed by atoms with Gasteiger partial charge in [0.25, 0.3) is 0 Å². The van der Waals surface area contributed by atoms with Crippen LogP contribution in [0, 0.1) is 0 Å². The first kappa shape index (κ1) is 15.9. The molecule has 106 valence electrons. The quantitative estimate of drug-likeness (QED) is 0.516. The van der Waals surface area contributed by atoms with E-state index in [9.17, 15) is 4.79 Å². The number of methoxy groups -OCH3 is 1. The van der Waals surface area contributed by atoms with Crippen LogP contribution in [0.25, 0.3) is 0 Å². The smallest absolute Gasteiger partial charge is 0.303 e. The van der Waals surface area contributed by atoms with Gasteiger partial charge in [-0.3, -0.25) is 4.79 Å². The molecule has 0 radical (unpaired) electrons. The SMILES string of the molecule is COc1ccc(SCCCCCCCC(=O)O)cc1. The molecule has 4 heteroatoms. The summed E-state index contributed by atoms with van der Waals surface area (Å²) < 4.78 is 5.12. The molecule has 0 spiro atoms. The number of benzene rings is 1. The first-order valence-corrected chi connectivity index (χ1v) is 7.69. The minimum Gasteiger partial charge on any atom is -0.497 e. The molecule has 1 N–H and O–H groups in total. The van der Waals surface area contributed by atoms with Crippen LogP contribution in [0.3, 0.4) is 0 Å². The van der Waals surface area contributed by atoms with Gasteiger partial charge >= 0.3 is 5.97 Å². The summed E-state index contributed by atoms with van der Waals surface area (Å²) in [5.41, 5.74) is 0. The van der Waals surface area contributed by atoms with E-state index in [0.717, 1.165) is 30.8 Å². The summed E-state index contributed by atoms with van der Waals surface area (Å²) in [6, 6.07) is 8.12. The molecule has 1 aromatic rings. The van der Waals surface area contributed by atoms with Gasteiger partial charge in [-0.2, -0.15) is 0 Å². The molecule has 0 aromatic heterocycles. The first-order valence-electron chi connectivity index (χ1n) is 6.71. The average molecular weight is 282 g/mol. The van der Waals surface area contributed by atoms with Crippen LogP contribution in [0.5, 0.6) is 5.75 Å². The number of hydrogen-bond acceptors (Lipinski definition) is 3. The Kier molecular flexibility index (Phi) is 8.14. The van der Waals surface area contributed by atoms with Crippen molar-refractivity contribution in [3.05, 3.63) is 24.3 Å². The molecule has 0 unspecified atom stereocenters. The highest BCUT2D eigenvalue weighted by atomic mass is 32.2. The van der Waals surface area contributed by atoms with E-state index in [4.69, 9.17) is 9.84 Å². The normalized spacial score (nSPS) is 10.4. The van der Waals surface area contributed by atoms with Crippen molar-refractivity contribution in [3.63, 3.8) is 0 Å². The standard InChI is InChI=1S/C15H22O3S/c1-18-13-8-10-14(11-9-13)19-12-6-4-2-3-5-7-15(16)17/h8-11H,2-7,12H2,1H3,(H,16,17). The number of hydrogen-bond donors (Lipinski definition) is 1. The fourth-order valence-corrected chi connectivity index (χ4v) is 2.68. The molecule has 3 nitrogen and oxygen atoms in total. The van der Waals surface area contributed by atoms with Crippen molar-refractivity contribution in [1.82, 2.24) is 0 Å². The van der Waals surface area contributed by atoms with Crippen molar-refractivity contribution in [3.8, 4) is 5.75 Å². The van der Waals surface area contributed by atoms with E-state index in [2.05, 4.69) is 12.1 Å². The number of carboxylic acid groups (broad SMARTS) is 1. The fourth-order valence-electron chi connectivity index (χ4n) is 1.77. The summed E-state index contributed by atoms with van der Waals surface area (Å²) in [5, 5.41) is 8.51. The zero-order valence-corrected chi connectivity index (χ0v) is 12.2. The number of aliphatic carboxylic acids is 1. The summed E-state index contributed by atoms with van der Waals surface area (Å²) in [5.74, 6) is 1.32. The summed E-state index contributed by atoms with van der Waals surface area (Å²) in [7, 11) is 1.67. The lowest BCUT2D eigenvalue weighted by molar-refractivity contribution is -0.137. The van der Waals surface area contributed by atoms with Gasteiger partial charge in [0.15, 0.2) is 0 Å². The van der Waals surface area contributed by atoms with Crippen molar-refractivity contribution in [1.29, 1.82) is 0 Å². The Morgan fingerprint density at radius 2 is 1.74 bits per heavy atom. The van der Waals surface area contributed by atoms with Gasteiger partial charge in [0, 0.05) is 11.3 Å². The monoisotopic (exact) mass is 282 g/mol. The third-order valence-electron chi connectivity index (χ3n) is 2.86. The molecule has 0 atom stereocenters. The van der Waals surface area contributed by atoms with Crippen molar-refractivity contribution in [2.75, 3.05) is 12.9 Å². The molecular weight excluding hydrogens is 260 g/mol. The van der Waals surface area contributed by atoms with Crippen LogP contribution in [0.2, 0.25) is 0 Å². The Hall–Kier alpha value is -1.16. The highest BCUT2D eigenvalue weighted by Gasteiger charge is 1.98. The Labute approximate surface area is 119 Å². The van der Waals surface area contributed by atoms with E-state index in [1.807, 2.05) is 23.9 Å². The van der Waals surface area contributed by atoms with Gasteiger partial charge in [-0.25, -0.2) is 0 Å².